The first-order valence-corrected chi connectivity index (χ1v) is 6.79. The molecule has 5 heteroatoms. The van der Waals surface area contributed by atoms with Gasteiger partial charge in [0, 0.05) is 18.7 Å². The normalized spacial score (nSPS) is 19.6. The molecule has 5 nitrogen and oxygen atoms in total. The van der Waals surface area contributed by atoms with Crippen LogP contribution in [0.4, 0.5) is 0 Å². The second kappa shape index (κ2) is 6.52. The highest BCUT2D eigenvalue weighted by atomic mass is 16.5. The van der Waals surface area contributed by atoms with Crippen LogP contribution in [0.1, 0.15) is 28.8 Å². The van der Waals surface area contributed by atoms with Crippen LogP contribution < -0.4 is 5.73 Å². The van der Waals surface area contributed by atoms with E-state index in [0.717, 1.165) is 24.9 Å². The number of rotatable bonds is 4. The lowest BCUT2D eigenvalue weighted by molar-refractivity contribution is -0.147. The third kappa shape index (κ3) is 3.57. The average molecular weight is 276 g/mol. The van der Waals surface area contributed by atoms with Gasteiger partial charge in [0.15, 0.2) is 0 Å². The first-order valence-electron chi connectivity index (χ1n) is 6.79. The van der Waals surface area contributed by atoms with Crippen molar-refractivity contribution < 1.29 is 14.3 Å². The number of nitrogens with two attached hydrogens (primary N) is 1. The quantitative estimate of drug-likeness (QED) is 0.838. The Morgan fingerprint density at radius 1 is 1.45 bits per heavy atom. The van der Waals surface area contributed by atoms with E-state index in [2.05, 4.69) is 4.90 Å². The summed E-state index contributed by atoms with van der Waals surface area (Å²) in [6, 6.07) is 7.31. The summed E-state index contributed by atoms with van der Waals surface area (Å²) in [5, 5.41) is 0. The van der Waals surface area contributed by atoms with Crippen molar-refractivity contribution in [1.82, 2.24) is 4.90 Å². The van der Waals surface area contributed by atoms with Crippen LogP contribution in [-0.2, 0) is 16.1 Å². The van der Waals surface area contributed by atoms with Crippen molar-refractivity contribution in [2.45, 2.75) is 19.4 Å². The summed E-state index contributed by atoms with van der Waals surface area (Å²) in [5.41, 5.74) is 6.83. The third-order valence-corrected chi connectivity index (χ3v) is 3.66. The Balaban J connectivity index is 2.00. The maximum atomic E-state index is 11.6. The number of carbonyl (C=O) groups is 2. The monoisotopic (exact) mass is 276 g/mol. The van der Waals surface area contributed by atoms with Crippen LogP contribution in [0.5, 0.6) is 0 Å². The summed E-state index contributed by atoms with van der Waals surface area (Å²) < 4.78 is 4.81. The van der Waals surface area contributed by atoms with Gasteiger partial charge in [-0.2, -0.15) is 0 Å². The molecule has 1 saturated heterocycles. The van der Waals surface area contributed by atoms with Gasteiger partial charge in [-0.25, -0.2) is 0 Å². The zero-order valence-electron chi connectivity index (χ0n) is 11.7. The number of likely N-dealkylation sites (tertiary alicyclic amines) is 1. The molecule has 2 rings (SSSR count). The van der Waals surface area contributed by atoms with Gasteiger partial charge in [0.05, 0.1) is 13.0 Å². The van der Waals surface area contributed by atoms with Crippen molar-refractivity contribution in [3.8, 4) is 0 Å². The van der Waals surface area contributed by atoms with Crippen LogP contribution in [0.2, 0.25) is 0 Å². The molecule has 20 heavy (non-hydrogen) atoms. The van der Waals surface area contributed by atoms with Gasteiger partial charge in [0.25, 0.3) is 0 Å². The fraction of sp³-hybridized carbons (Fsp3) is 0.467. The molecular weight excluding hydrogens is 256 g/mol. The molecule has 1 aliphatic rings. The minimum atomic E-state index is -0.419. The summed E-state index contributed by atoms with van der Waals surface area (Å²) in [7, 11) is 1.43. The predicted octanol–water partition coefficient (Wildman–Crippen LogP) is 1.17. The number of hydrogen-bond acceptors (Lipinski definition) is 4. The lowest BCUT2D eigenvalue weighted by Crippen LogP contribution is -2.38. The second-order valence-electron chi connectivity index (χ2n) is 5.16. The van der Waals surface area contributed by atoms with Gasteiger partial charge in [-0.3, -0.25) is 14.5 Å². The zero-order chi connectivity index (χ0) is 14.5. The van der Waals surface area contributed by atoms with E-state index in [9.17, 15) is 9.59 Å². The maximum Gasteiger partial charge on any atom is 0.309 e. The molecular formula is C15H20N2O3. The molecule has 2 N–H and O–H groups in total. The molecule has 0 aliphatic carbocycles. The Labute approximate surface area is 118 Å². The van der Waals surface area contributed by atoms with Gasteiger partial charge in [0.1, 0.15) is 0 Å². The first-order chi connectivity index (χ1) is 9.60. The standard InChI is InChI=1S/C15H20N2O3/c1-20-15(19)13-6-3-7-17(10-13)9-11-4-2-5-12(8-11)14(16)18/h2,4-5,8,13H,3,6-7,9-10H2,1H3,(H2,16,18). The third-order valence-electron chi connectivity index (χ3n) is 3.66. The number of ether oxygens (including phenoxy) is 1. The van der Waals surface area contributed by atoms with Crippen molar-refractivity contribution in [2.75, 3.05) is 20.2 Å². The number of piperidine rings is 1. The lowest BCUT2D eigenvalue weighted by Gasteiger charge is -2.31. The highest BCUT2D eigenvalue weighted by Gasteiger charge is 2.26. The minimum absolute atomic E-state index is 0.0481. The van der Waals surface area contributed by atoms with E-state index < -0.39 is 5.91 Å². The number of amides is 1. The Morgan fingerprint density at radius 2 is 2.25 bits per heavy atom. The van der Waals surface area contributed by atoms with Crippen molar-refractivity contribution in [1.29, 1.82) is 0 Å². The van der Waals surface area contributed by atoms with Crippen LogP contribution in [0, 0.1) is 5.92 Å². The smallest absolute Gasteiger partial charge is 0.309 e. The molecule has 1 aliphatic heterocycles. The van der Waals surface area contributed by atoms with Gasteiger partial charge in [0.2, 0.25) is 5.91 Å². The number of methoxy groups -OCH3 is 1. The second-order valence-corrected chi connectivity index (χ2v) is 5.16. The molecule has 1 unspecified atom stereocenters. The summed E-state index contributed by atoms with van der Waals surface area (Å²) in [6.45, 7) is 2.37. The van der Waals surface area contributed by atoms with Crippen molar-refractivity contribution in [3.05, 3.63) is 35.4 Å². The molecule has 1 fully saturated rings. The molecule has 0 saturated carbocycles. The Morgan fingerprint density at radius 3 is 2.95 bits per heavy atom. The van der Waals surface area contributed by atoms with Crippen molar-refractivity contribution in [3.63, 3.8) is 0 Å². The first kappa shape index (κ1) is 14.5. The van der Waals surface area contributed by atoms with Gasteiger partial charge >= 0.3 is 5.97 Å². The van der Waals surface area contributed by atoms with Crippen LogP contribution >= 0.6 is 0 Å². The summed E-state index contributed by atoms with van der Waals surface area (Å²) in [5.74, 6) is -0.605. The largest absolute Gasteiger partial charge is 0.469 e. The number of primary amides is 1. The fourth-order valence-corrected chi connectivity index (χ4v) is 2.64. The lowest BCUT2D eigenvalue weighted by atomic mass is 9.97. The number of hydrogen-bond donors (Lipinski definition) is 1. The van der Waals surface area contributed by atoms with E-state index in [-0.39, 0.29) is 11.9 Å². The molecule has 1 amide bonds. The molecule has 1 aromatic rings. The zero-order valence-corrected chi connectivity index (χ0v) is 11.7. The minimum Gasteiger partial charge on any atom is -0.469 e. The molecule has 0 aromatic heterocycles. The Hall–Kier alpha value is -1.88. The molecule has 108 valence electrons. The van der Waals surface area contributed by atoms with Gasteiger partial charge in [-0.05, 0) is 37.1 Å². The Bertz CT molecular complexity index is 502. The van der Waals surface area contributed by atoms with Gasteiger partial charge in [-0.15, -0.1) is 0 Å². The SMILES string of the molecule is COC(=O)C1CCCN(Cc2cccc(C(N)=O)c2)C1. The van der Waals surface area contributed by atoms with E-state index in [1.54, 1.807) is 6.07 Å². The number of nitrogens with zero attached hydrogens (tertiary/aromatic N) is 1. The van der Waals surface area contributed by atoms with E-state index >= 15 is 0 Å². The maximum absolute atomic E-state index is 11.6. The summed E-state index contributed by atoms with van der Waals surface area (Å²) >= 11 is 0. The highest BCUT2D eigenvalue weighted by Crippen LogP contribution is 2.20. The number of benzene rings is 1. The molecule has 1 heterocycles. The molecule has 1 aromatic carbocycles. The van der Waals surface area contributed by atoms with Gasteiger partial charge < -0.3 is 10.5 Å². The van der Waals surface area contributed by atoms with E-state index in [4.69, 9.17) is 10.5 Å². The predicted molar refractivity (Wildman–Crippen MR) is 75.0 cm³/mol. The average Bonchev–Trinajstić information content (AvgIpc) is 2.47. The highest BCUT2D eigenvalue weighted by molar-refractivity contribution is 5.92. The number of esters is 1. The van der Waals surface area contributed by atoms with E-state index in [1.807, 2.05) is 18.2 Å². The fourth-order valence-electron chi connectivity index (χ4n) is 2.64. The van der Waals surface area contributed by atoms with Crippen LogP contribution in [0.3, 0.4) is 0 Å². The van der Waals surface area contributed by atoms with Gasteiger partial charge in [-0.1, -0.05) is 12.1 Å². The molecule has 0 radical (unpaired) electrons. The number of carbonyl (C=O) groups excluding carboxylic acids is 2. The van der Waals surface area contributed by atoms with Crippen molar-refractivity contribution in [2.24, 2.45) is 11.7 Å². The molecule has 1 atom stereocenters. The molecule has 0 spiro atoms. The topological polar surface area (TPSA) is 72.6 Å². The Kier molecular flexibility index (Phi) is 4.74. The van der Waals surface area contributed by atoms with Crippen molar-refractivity contribution >= 4 is 11.9 Å². The van der Waals surface area contributed by atoms with Crippen LogP contribution in [0.25, 0.3) is 0 Å². The van der Waals surface area contributed by atoms with Crippen LogP contribution in [0.15, 0.2) is 24.3 Å². The van der Waals surface area contributed by atoms with Crippen LogP contribution in [-0.4, -0.2) is 37.0 Å². The summed E-state index contributed by atoms with van der Waals surface area (Å²) in [4.78, 5) is 25.0. The van der Waals surface area contributed by atoms with E-state index in [0.29, 0.717) is 18.7 Å². The molecule has 0 bridgehead atoms. The van der Waals surface area contributed by atoms with E-state index in [1.165, 1.54) is 7.11 Å². The summed E-state index contributed by atoms with van der Waals surface area (Å²) in [6.07, 6.45) is 1.86.